The highest BCUT2D eigenvalue weighted by molar-refractivity contribution is 5.92. The second-order valence-corrected chi connectivity index (χ2v) is 6.61. The van der Waals surface area contributed by atoms with Crippen molar-refractivity contribution in [2.75, 3.05) is 13.1 Å². The molecule has 0 aliphatic heterocycles. The van der Waals surface area contributed by atoms with Gasteiger partial charge in [-0.25, -0.2) is 4.68 Å². The maximum absolute atomic E-state index is 12.6. The molecule has 5 heteroatoms. The number of benzene rings is 1. The highest BCUT2D eigenvalue weighted by Gasteiger charge is 2.12. The Morgan fingerprint density at radius 1 is 1.07 bits per heavy atom. The van der Waals surface area contributed by atoms with Crippen LogP contribution < -0.4 is 0 Å². The molecule has 2 heterocycles. The number of para-hydroxylation sites is 1. The largest absolute Gasteiger partial charge is 0.339 e. The van der Waals surface area contributed by atoms with Crippen molar-refractivity contribution >= 4 is 12.0 Å². The number of rotatable bonds is 8. The van der Waals surface area contributed by atoms with Crippen molar-refractivity contribution in [2.24, 2.45) is 0 Å². The van der Waals surface area contributed by atoms with Crippen molar-refractivity contribution < 1.29 is 4.79 Å². The first-order valence-electron chi connectivity index (χ1n) is 9.75. The number of pyridine rings is 1. The van der Waals surface area contributed by atoms with Crippen LogP contribution in [-0.2, 0) is 4.79 Å². The molecule has 0 fully saturated rings. The summed E-state index contributed by atoms with van der Waals surface area (Å²) in [6.45, 7) is 5.72. The molecule has 3 aromatic rings. The molecule has 0 N–H and O–H groups in total. The van der Waals surface area contributed by atoms with Gasteiger partial charge in [0.25, 0.3) is 0 Å². The second-order valence-electron chi connectivity index (χ2n) is 6.61. The van der Waals surface area contributed by atoms with E-state index in [-0.39, 0.29) is 5.91 Å². The third-order valence-electron chi connectivity index (χ3n) is 4.40. The van der Waals surface area contributed by atoms with Gasteiger partial charge in [0.05, 0.1) is 5.69 Å². The van der Waals surface area contributed by atoms with E-state index < -0.39 is 0 Å². The third-order valence-corrected chi connectivity index (χ3v) is 4.40. The fraction of sp³-hybridized carbons (Fsp3) is 0.261. The van der Waals surface area contributed by atoms with E-state index in [0.29, 0.717) is 0 Å². The van der Waals surface area contributed by atoms with Crippen molar-refractivity contribution in [3.8, 4) is 16.9 Å². The van der Waals surface area contributed by atoms with Crippen LogP contribution in [0.3, 0.4) is 0 Å². The first kappa shape index (κ1) is 19.5. The van der Waals surface area contributed by atoms with Gasteiger partial charge in [0.1, 0.15) is 5.69 Å². The molecule has 3 rings (SSSR count). The number of carbonyl (C=O) groups excluding carboxylic acids is 1. The second kappa shape index (κ2) is 9.65. The molecular weight excluding hydrogens is 348 g/mol. The summed E-state index contributed by atoms with van der Waals surface area (Å²) in [6, 6.07) is 13.8. The minimum absolute atomic E-state index is 0.0355. The summed E-state index contributed by atoms with van der Waals surface area (Å²) in [6.07, 6.45) is 10.9. The number of hydrogen-bond acceptors (Lipinski definition) is 3. The molecule has 2 aromatic heterocycles. The van der Waals surface area contributed by atoms with Gasteiger partial charge in [-0.15, -0.1) is 0 Å². The predicted octanol–water partition coefficient (Wildman–Crippen LogP) is 4.60. The van der Waals surface area contributed by atoms with E-state index in [2.05, 4.69) is 18.8 Å². The normalized spacial score (nSPS) is 11.1. The van der Waals surface area contributed by atoms with Gasteiger partial charge in [-0.05, 0) is 43.2 Å². The van der Waals surface area contributed by atoms with Gasteiger partial charge >= 0.3 is 0 Å². The van der Waals surface area contributed by atoms with Crippen LogP contribution in [-0.4, -0.2) is 38.7 Å². The molecule has 5 nitrogen and oxygen atoms in total. The fourth-order valence-electron chi connectivity index (χ4n) is 3.09. The Kier molecular flexibility index (Phi) is 6.73. The first-order valence-corrected chi connectivity index (χ1v) is 9.75. The van der Waals surface area contributed by atoms with Gasteiger partial charge in [0.15, 0.2) is 0 Å². The number of carbonyl (C=O) groups is 1. The minimum Gasteiger partial charge on any atom is -0.339 e. The molecule has 0 aliphatic carbocycles. The quantitative estimate of drug-likeness (QED) is 0.542. The first-order chi connectivity index (χ1) is 13.7. The Balaban J connectivity index is 1.94. The zero-order valence-electron chi connectivity index (χ0n) is 16.5. The van der Waals surface area contributed by atoms with Crippen LogP contribution in [0, 0.1) is 0 Å². The standard InChI is InChI=1S/C23H26N4O/c1-3-15-26(16-4-2)22(28)13-12-20-18-27(21-10-6-5-7-11-21)25-23(20)19-9-8-14-24-17-19/h5-14,17-18H,3-4,15-16H2,1-2H3. The monoisotopic (exact) mass is 374 g/mol. The minimum atomic E-state index is 0.0355. The molecule has 0 unspecified atom stereocenters. The lowest BCUT2D eigenvalue weighted by Crippen LogP contribution is -2.30. The molecule has 0 aliphatic rings. The summed E-state index contributed by atoms with van der Waals surface area (Å²) in [4.78, 5) is 18.7. The Bertz CT molecular complexity index is 910. The summed E-state index contributed by atoms with van der Waals surface area (Å²) in [5, 5.41) is 4.75. The predicted molar refractivity (Wildman–Crippen MR) is 113 cm³/mol. The summed E-state index contributed by atoms with van der Waals surface area (Å²) in [7, 11) is 0. The molecule has 1 amide bonds. The van der Waals surface area contributed by atoms with E-state index >= 15 is 0 Å². The van der Waals surface area contributed by atoms with Crippen molar-refractivity contribution in [1.82, 2.24) is 19.7 Å². The van der Waals surface area contributed by atoms with Crippen molar-refractivity contribution in [1.29, 1.82) is 0 Å². The lowest BCUT2D eigenvalue weighted by Gasteiger charge is -2.19. The van der Waals surface area contributed by atoms with E-state index in [1.54, 1.807) is 18.5 Å². The fourth-order valence-corrected chi connectivity index (χ4v) is 3.09. The van der Waals surface area contributed by atoms with Crippen LogP contribution in [0.15, 0.2) is 67.1 Å². The van der Waals surface area contributed by atoms with Crippen LogP contribution in [0.2, 0.25) is 0 Å². The van der Waals surface area contributed by atoms with Gasteiger partial charge in [0, 0.05) is 48.9 Å². The average molecular weight is 374 g/mol. The van der Waals surface area contributed by atoms with Crippen molar-refractivity contribution in [2.45, 2.75) is 26.7 Å². The summed E-state index contributed by atoms with van der Waals surface area (Å²) in [5.41, 5.74) is 3.58. The molecular formula is C23H26N4O. The SMILES string of the molecule is CCCN(CCC)C(=O)C=Cc1cn(-c2ccccc2)nc1-c1cccnc1. The molecule has 0 bridgehead atoms. The lowest BCUT2D eigenvalue weighted by molar-refractivity contribution is -0.126. The number of nitrogens with zero attached hydrogens (tertiary/aromatic N) is 4. The topological polar surface area (TPSA) is 51.0 Å². The maximum Gasteiger partial charge on any atom is 0.246 e. The summed E-state index contributed by atoms with van der Waals surface area (Å²) >= 11 is 0. The van der Waals surface area contributed by atoms with Gasteiger partial charge < -0.3 is 4.90 Å². The zero-order chi connectivity index (χ0) is 19.8. The molecule has 0 spiro atoms. The smallest absolute Gasteiger partial charge is 0.246 e. The molecule has 0 radical (unpaired) electrons. The Morgan fingerprint density at radius 3 is 2.46 bits per heavy atom. The number of amides is 1. The van der Waals surface area contributed by atoms with E-state index in [4.69, 9.17) is 5.10 Å². The van der Waals surface area contributed by atoms with E-state index in [1.807, 2.05) is 64.3 Å². The molecule has 0 atom stereocenters. The van der Waals surface area contributed by atoms with Gasteiger partial charge in [0.2, 0.25) is 5.91 Å². The van der Waals surface area contributed by atoms with Crippen molar-refractivity contribution in [3.63, 3.8) is 0 Å². The number of aromatic nitrogens is 3. The van der Waals surface area contributed by atoms with E-state index in [1.165, 1.54) is 0 Å². The van der Waals surface area contributed by atoms with Gasteiger partial charge in [-0.2, -0.15) is 5.10 Å². The average Bonchev–Trinajstić information content (AvgIpc) is 3.17. The number of hydrogen-bond donors (Lipinski definition) is 0. The van der Waals surface area contributed by atoms with Crippen LogP contribution in [0.1, 0.15) is 32.3 Å². The zero-order valence-corrected chi connectivity index (χ0v) is 16.5. The highest BCUT2D eigenvalue weighted by atomic mass is 16.2. The third kappa shape index (κ3) is 4.74. The van der Waals surface area contributed by atoms with Crippen LogP contribution >= 0.6 is 0 Å². The van der Waals surface area contributed by atoms with Crippen LogP contribution in [0.25, 0.3) is 23.0 Å². The van der Waals surface area contributed by atoms with E-state index in [0.717, 1.165) is 48.4 Å². The molecule has 28 heavy (non-hydrogen) atoms. The molecule has 144 valence electrons. The van der Waals surface area contributed by atoms with Gasteiger partial charge in [-0.3, -0.25) is 9.78 Å². The molecule has 0 saturated carbocycles. The lowest BCUT2D eigenvalue weighted by atomic mass is 10.1. The maximum atomic E-state index is 12.6. The summed E-state index contributed by atoms with van der Waals surface area (Å²) < 4.78 is 1.84. The molecule has 1 aromatic carbocycles. The molecule has 0 saturated heterocycles. The summed E-state index contributed by atoms with van der Waals surface area (Å²) in [5.74, 6) is 0.0355. The Hall–Kier alpha value is -3.21. The van der Waals surface area contributed by atoms with Gasteiger partial charge in [-0.1, -0.05) is 32.0 Å². The Labute approximate surface area is 166 Å². The van der Waals surface area contributed by atoms with Crippen LogP contribution in [0.4, 0.5) is 0 Å². The van der Waals surface area contributed by atoms with Crippen LogP contribution in [0.5, 0.6) is 0 Å². The van der Waals surface area contributed by atoms with E-state index in [9.17, 15) is 4.79 Å². The van der Waals surface area contributed by atoms with Crippen molar-refractivity contribution in [3.05, 3.63) is 72.7 Å². The Morgan fingerprint density at radius 2 is 1.82 bits per heavy atom. The highest BCUT2D eigenvalue weighted by Crippen LogP contribution is 2.24.